The van der Waals surface area contributed by atoms with Gasteiger partial charge in [0.25, 0.3) is 5.91 Å². The van der Waals surface area contributed by atoms with Crippen molar-refractivity contribution in [2.24, 2.45) is 0 Å². The number of unbranched alkanes of at least 4 members (excludes halogenated alkanes) is 1. The fourth-order valence-corrected chi connectivity index (χ4v) is 2.13. The highest BCUT2D eigenvalue weighted by atomic mass is 16.5. The number of anilines is 1. The van der Waals surface area contributed by atoms with Gasteiger partial charge in [-0.15, -0.1) is 0 Å². The first-order valence-electron chi connectivity index (χ1n) is 8.41. The molecule has 6 nitrogen and oxygen atoms in total. The van der Waals surface area contributed by atoms with Gasteiger partial charge in [0.15, 0.2) is 0 Å². The second kappa shape index (κ2) is 10.1. The number of aromatic nitrogens is 1. The molecule has 2 aromatic rings. The minimum atomic E-state index is -0.382. The van der Waals surface area contributed by atoms with E-state index in [0.29, 0.717) is 31.0 Å². The topological polar surface area (TPSA) is 80.3 Å². The Morgan fingerprint density at radius 2 is 1.92 bits per heavy atom. The summed E-state index contributed by atoms with van der Waals surface area (Å²) in [4.78, 5) is 27.5. The number of nitrogens with one attached hydrogen (secondary N) is 2. The van der Waals surface area contributed by atoms with Crippen molar-refractivity contribution in [1.29, 1.82) is 0 Å². The van der Waals surface area contributed by atoms with Crippen molar-refractivity contribution < 1.29 is 14.3 Å². The smallest absolute Gasteiger partial charge is 0.407 e. The van der Waals surface area contributed by atoms with Gasteiger partial charge in [-0.1, -0.05) is 31.5 Å². The summed E-state index contributed by atoms with van der Waals surface area (Å²) >= 11 is 0. The maximum Gasteiger partial charge on any atom is 0.407 e. The normalized spacial score (nSPS) is 10.1. The maximum atomic E-state index is 12.0. The third kappa shape index (κ3) is 6.63. The number of ether oxygens (including phenoxy) is 1. The van der Waals surface area contributed by atoms with E-state index in [4.69, 9.17) is 4.74 Å². The summed E-state index contributed by atoms with van der Waals surface area (Å²) in [5.41, 5.74) is 2.09. The molecule has 1 aromatic carbocycles. The molecule has 0 aliphatic heterocycles. The lowest BCUT2D eigenvalue weighted by atomic mass is 10.1. The molecular formula is C19H23N3O3. The number of alkyl carbamates (subject to hydrolysis) is 1. The molecule has 0 saturated heterocycles. The molecule has 2 rings (SSSR count). The monoisotopic (exact) mass is 341 g/mol. The first-order valence-corrected chi connectivity index (χ1v) is 8.41. The van der Waals surface area contributed by atoms with Crippen molar-refractivity contribution in [3.63, 3.8) is 0 Å². The highest BCUT2D eigenvalue weighted by Gasteiger charge is 2.06. The van der Waals surface area contributed by atoms with Gasteiger partial charge < -0.3 is 15.4 Å². The van der Waals surface area contributed by atoms with Crippen LogP contribution in [0.2, 0.25) is 0 Å². The molecule has 1 aromatic heterocycles. The molecular weight excluding hydrogens is 318 g/mol. The molecule has 0 fully saturated rings. The Labute approximate surface area is 147 Å². The molecule has 0 bridgehead atoms. The number of hydrogen-bond donors (Lipinski definition) is 2. The van der Waals surface area contributed by atoms with Gasteiger partial charge in [-0.05, 0) is 36.2 Å². The Kier molecular flexibility index (Phi) is 7.43. The van der Waals surface area contributed by atoms with Gasteiger partial charge in [0.1, 0.15) is 5.69 Å². The summed E-state index contributed by atoms with van der Waals surface area (Å²) < 4.78 is 5.12. The number of carbonyl (C=O) groups excluding carboxylic acids is 2. The van der Waals surface area contributed by atoms with Crippen molar-refractivity contribution in [1.82, 2.24) is 10.3 Å². The second-order valence-electron chi connectivity index (χ2n) is 5.53. The van der Waals surface area contributed by atoms with E-state index in [0.717, 1.165) is 18.4 Å². The third-order valence-electron chi connectivity index (χ3n) is 3.53. The summed E-state index contributed by atoms with van der Waals surface area (Å²) in [6, 6.07) is 12.6. The average molecular weight is 341 g/mol. The quantitative estimate of drug-likeness (QED) is 0.721. The van der Waals surface area contributed by atoms with Crippen molar-refractivity contribution in [2.45, 2.75) is 26.2 Å². The second-order valence-corrected chi connectivity index (χ2v) is 5.53. The summed E-state index contributed by atoms with van der Waals surface area (Å²) in [7, 11) is 0. The minimum Gasteiger partial charge on any atom is -0.449 e. The number of hydrogen-bond acceptors (Lipinski definition) is 4. The fourth-order valence-electron chi connectivity index (χ4n) is 2.13. The van der Waals surface area contributed by atoms with Gasteiger partial charge in [0, 0.05) is 24.8 Å². The average Bonchev–Trinajstić information content (AvgIpc) is 2.64. The Bertz CT molecular complexity index is 672. The van der Waals surface area contributed by atoms with Crippen molar-refractivity contribution >= 4 is 17.7 Å². The van der Waals surface area contributed by atoms with Crippen LogP contribution >= 0.6 is 0 Å². The minimum absolute atomic E-state index is 0.250. The van der Waals surface area contributed by atoms with E-state index in [2.05, 4.69) is 22.5 Å². The molecule has 1 heterocycles. The van der Waals surface area contributed by atoms with Gasteiger partial charge in [-0.25, -0.2) is 4.79 Å². The molecule has 2 amide bonds. The summed E-state index contributed by atoms with van der Waals surface area (Å²) in [5.74, 6) is -0.250. The lowest BCUT2D eigenvalue weighted by Crippen LogP contribution is -2.25. The number of pyridine rings is 1. The molecule has 0 spiro atoms. The molecule has 0 aliphatic carbocycles. The van der Waals surface area contributed by atoms with Crippen LogP contribution < -0.4 is 10.6 Å². The zero-order valence-corrected chi connectivity index (χ0v) is 14.3. The number of amides is 2. The van der Waals surface area contributed by atoms with Gasteiger partial charge in [-0.3, -0.25) is 9.78 Å². The maximum absolute atomic E-state index is 12.0. The van der Waals surface area contributed by atoms with Crippen LogP contribution in [0.3, 0.4) is 0 Å². The van der Waals surface area contributed by atoms with Crippen molar-refractivity contribution in [2.75, 3.05) is 18.5 Å². The van der Waals surface area contributed by atoms with Crippen LogP contribution in [0.25, 0.3) is 0 Å². The van der Waals surface area contributed by atoms with Crippen LogP contribution in [-0.2, 0) is 11.2 Å². The molecule has 6 heteroatoms. The molecule has 0 aliphatic rings. The highest BCUT2D eigenvalue weighted by molar-refractivity contribution is 6.02. The van der Waals surface area contributed by atoms with Crippen LogP contribution in [0.4, 0.5) is 10.5 Å². The standard InChI is InChI=1S/C19H23N3O3/c1-2-3-12-21-19(24)25-14-11-15-7-9-16(10-8-15)22-18(23)17-6-4-5-13-20-17/h4-10,13H,2-3,11-12,14H2,1H3,(H,21,24)(H,22,23). The first-order chi connectivity index (χ1) is 12.2. The van der Waals surface area contributed by atoms with E-state index in [9.17, 15) is 9.59 Å². The fraction of sp³-hybridized carbons (Fsp3) is 0.316. The molecule has 0 saturated carbocycles. The molecule has 0 radical (unpaired) electrons. The van der Waals surface area contributed by atoms with E-state index in [1.165, 1.54) is 0 Å². The largest absolute Gasteiger partial charge is 0.449 e. The van der Waals surface area contributed by atoms with Crippen molar-refractivity contribution in [3.05, 3.63) is 59.9 Å². The molecule has 0 unspecified atom stereocenters. The lowest BCUT2D eigenvalue weighted by molar-refractivity contribution is 0.102. The van der Waals surface area contributed by atoms with Gasteiger partial charge >= 0.3 is 6.09 Å². The molecule has 0 atom stereocenters. The SMILES string of the molecule is CCCCNC(=O)OCCc1ccc(NC(=O)c2ccccn2)cc1. The van der Waals surface area contributed by atoms with Gasteiger partial charge in [0.2, 0.25) is 0 Å². The Morgan fingerprint density at radius 3 is 2.60 bits per heavy atom. The molecule has 2 N–H and O–H groups in total. The highest BCUT2D eigenvalue weighted by Crippen LogP contribution is 2.11. The Balaban J connectivity index is 1.74. The van der Waals surface area contributed by atoms with Gasteiger partial charge in [-0.2, -0.15) is 0 Å². The van der Waals surface area contributed by atoms with Gasteiger partial charge in [0.05, 0.1) is 6.61 Å². The van der Waals surface area contributed by atoms with E-state index in [1.807, 2.05) is 24.3 Å². The zero-order chi connectivity index (χ0) is 17.9. The number of rotatable bonds is 8. The van der Waals surface area contributed by atoms with Crippen molar-refractivity contribution in [3.8, 4) is 0 Å². The number of benzene rings is 1. The third-order valence-corrected chi connectivity index (χ3v) is 3.53. The molecule has 25 heavy (non-hydrogen) atoms. The lowest BCUT2D eigenvalue weighted by Gasteiger charge is -2.08. The van der Waals surface area contributed by atoms with E-state index >= 15 is 0 Å². The number of carbonyl (C=O) groups is 2. The van der Waals surface area contributed by atoms with Crippen LogP contribution in [-0.4, -0.2) is 30.1 Å². The predicted molar refractivity (Wildman–Crippen MR) is 96.6 cm³/mol. The first kappa shape index (κ1) is 18.4. The Morgan fingerprint density at radius 1 is 1.12 bits per heavy atom. The van der Waals surface area contributed by atoms with E-state index in [1.54, 1.807) is 24.4 Å². The van der Waals surface area contributed by atoms with Crippen LogP contribution in [0, 0.1) is 0 Å². The van der Waals surface area contributed by atoms with Crippen LogP contribution in [0.15, 0.2) is 48.7 Å². The van der Waals surface area contributed by atoms with E-state index in [-0.39, 0.29) is 12.0 Å². The Hall–Kier alpha value is -2.89. The predicted octanol–water partition coefficient (Wildman–Crippen LogP) is 3.40. The summed E-state index contributed by atoms with van der Waals surface area (Å²) in [5, 5.41) is 5.49. The zero-order valence-electron chi connectivity index (χ0n) is 14.3. The summed E-state index contributed by atoms with van der Waals surface area (Å²) in [6.07, 6.45) is 3.80. The van der Waals surface area contributed by atoms with E-state index < -0.39 is 0 Å². The summed E-state index contributed by atoms with van der Waals surface area (Å²) in [6.45, 7) is 3.02. The van der Waals surface area contributed by atoms with Crippen LogP contribution in [0.5, 0.6) is 0 Å². The molecule has 132 valence electrons. The van der Waals surface area contributed by atoms with Crippen LogP contribution in [0.1, 0.15) is 35.8 Å². The number of nitrogens with zero attached hydrogens (tertiary/aromatic N) is 1.